The Hall–Kier alpha value is -1.88. The van der Waals surface area contributed by atoms with Gasteiger partial charge in [0.25, 0.3) is 0 Å². The zero-order chi connectivity index (χ0) is 20.1. The molecule has 1 saturated heterocycles. The summed E-state index contributed by atoms with van der Waals surface area (Å²) in [7, 11) is 0. The van der Waals surface area contributed by atoms with Crippen molar-refractivity contribution in [1.29, 1.82) is 0 Å². The van der Waals surface area contributed by atoms with Gasteiger partial charge in [-0.15, -0.1) is 0 Å². The molecule has 0 aromatic heterocycles. The van der Waals surface area contributed by atoms with E-state index in [4.69, 9.17) is 11.6 Å². The van der Waals surface area contributed by atoms with Crippen LogP contribution in [0, 0.1) is 13.8 Å². The van der Waals surface area contributed by atoms with E-state index in [1.54, 1.807) is 0 Å². The molecule has 0 saturated carbocycles. The van der Waals surface area contributed by atoms with Crippen LogP contribution in [0.15, 0.2) is 42.5 Å². The topological polar surface area (TPSA) is 44.4 Å². The second-order valence-corrected chi connectivity index (χ2v) is 8.08. The van der Waals surface area contributed by atoms with Crippen LogP contribution >= 0.6 is 11.6 Å². The van der Waals surface area contributed by atoms with Gasteiger partial charge in [-0.25, -0.2) is 0 Å². The molecule has 150 valence electrons. The lowest BCUT2D eigenvalue weighted by molar-refractivity contribution is -0.125. The third kappa shape index (κ3) is 5.13. The van der Waals surface area contributed by atoms with Crippen LogP contribution in [-0.2, 0) is 17.9 Å². The molecule has 5 heteroatoms. The largest absolute Gasteiger partial charge is 0.355 e. The average Bonchev–Trinajstić information content (AvgIpc) is 3.07. The lowest BCUT2D eigenvalue weighted by Gasteiger charge is -2.23. The van der Waals surface area contributed by atoms with E-state index in [0.29, 0.717) is 13.1 Å². The molecule has 0 bridgehead atoms. The Balaban J connectivity index is 1.69. The number of likely N-dealkylation sites (tertiary alicyclic amines) is 1. The highest BCUT2D eigenvalue weighted by Gasteiger charge is 2.36. The van der Waals surface area contributed by atoms with Crippen molar-refractivity contribution in [3.63, 3.8) is 0 Å². The number of carbonyl (C=O) groups excluding carboxylic acids is 1. The number of benzene rings is 2. The maximum Gasteiger partial charge on any atom is 0.237 e. The molecule has 28 heavy (non-hydrogen) atoms. The Morgan fingerprint density at radius 3 is 2.71 bits per heavy atom. The highest BCUT2D eigenvalue weighted by Crippen LogP contribution is 2.25. The second-order valence-electron chi connectivity index (χ2n) is 7.67. The summed E-state index contributed by atoms with van der Waals surface area (Å²) in [6.07, 6.45) is 0.807. The summed E-state index contributed by atoms with van der Waals surface area (Å²) in [6, 6.07) is 14.6. The van der Waals surface area contributed by atoms with Gasteiger partial charge < -0.3 is 10.6 Å². The number of rotatable bonds is 7. The van der Waals surface area contributed by atoms with Crippen LogP contribution in [0.3, 0.4) is 0 Å². The number of hydrogen-bond donors (Lipinski definition) is 2. The number of nitrogens with zero attached hydrogens (tertiary/aromatic N) is 1. The first-order chi connectivity index (χ1) is 13.5. The average molecular weight is 400 g/mol. The Bertz CT molecular complexity index is 823. The van der Waals surface area contributed by atoms with Crippen molar-refractivity contribution in [2.75, 3.05) is 13.1 Å². The molecule has 1 aliphatic rings. The van der Waals surface area contributed by atoms with E-state index in [-0.39, 0.29) is 18.0 Å². The molecule has 0 unspecified atom stereocenters. The molecule has 3 rings (SSSR count). The summed E-state index contributed by atoms with van der Waals surface area (Å²) >= 11 is 6.36. The van der Waals surface area contributed by atoms with Crippen LogP contribution in [0.5, 0.6) is 0 Å². The zero-order valence-corrected chi connectivity index (χ0v) is 17.7. The smallest absolute Gasteiger partial charge is 0.237 e. The minimum Gasteiger partial charge on any atom is -0.355 e. The molecule has 1 fully saturated rings. The lowest BCUT2D eigenvalue weighted by atomic mass is 10.0. The summed E-state index contributed by atoms with van der Waals surface area (Å²) in [5.41, 5.74) is 4.95. The van der Waals surface area contributed by atoms with Crippen LogP contribution < -0.4 is 10.6 Å². The monoisotopic (exact) mass is 399 g/mol. The normalized spacial score (nSPS) is 19.7. The number of nitrogens with one attached hydrogen (secondary N) is 2. The molecule has 2 aromatic rings. The molecule has 2 atom stereocenters. The first-order valence-electron chi connectivity index (χ1n) is 10.0. The van der Waals surface area contributed by atoms with Gasteiger partial charge in [-0.05, 0) is 49.9 Å². The van der Waals surface area contributed by atoms with Crippen molar-refractivity contribution in [2.24, 2.45) is 0 Å². The van der Waals surface area contributed by atoms with Gasteiger partial charge in [0.2, 0.25) is 5.91 Å². The fraction of sp³-hybridized carbons (Fsp3) is 0.435. The predicted octanol–water partition coefficient (Wildman–Crippen LogP) is 3.83. The SMILES string of the molecule is CCNC(=O)[C@@H]1C[C@H](NCc2cc(C)ccc2C)CN1Cc1ccccc1Cl. The van der Waals surface area contributed by atoms with Crippen molar-refractivity contribution in [3.8, 4) is 0 Å². The number of halogens is 1. The molecule has 0 spiro atoms. The standard InChI is InChI=1S/C23H30ClN3O/c1-4-25-23(28)22-12-20(26-13-19-11-16(2)9-10-17(19)3)15-27(22)14-18-7-5-6-8-21(18)24/h5-11,20,22,26H,4,12-15H2,1-3H3,(H,25,28)/t20-,22-/m0/s1. The number of carbonyl (C=O) groups is 1. The molecule has 0 aliphatic carbocycles. The van der Waals surface area contributed by atoms with Gasteiger partial charge >= 0.3 is 0 Å². The minimum atomic E-state index is -0.132. The van der Waals surface area contributed by atoms with Gasteiger partial charge in [0.05, 0.1) is 6.04 Å². The molecule has 0 radical (unpaired) electrons. The molecular weight excluding hydrogens is 370 g/mol. The summed E-state index contributed by atoms with van der Waals surface area (Å²) in [5, 5.41) is 7.41. The van der Waals surface area contributed by atoms with E-state index in [9.17, 15) is 4.79 Å². The Morgan fingerprint density at radius 1 is 1.18 bits per heavy atom. The van der Waals surface area contributed by atoms with E-state index in [2.05, 4.69) is 47.6 Å². The molecular formula is C23H30ClN3O. The van der Waals surface area contributed by atoms with E-state index >= 15 is 0 Å². The molecule has 1 amide bonds. The molecule has 2 N–H and O–H groups in total. The number of amides is 1. The molecule has 2 aromatic carbocycles. The maximum atomic E-state index is 12.6. The zero-order valence-electron chi connectivity index (χ0n) is 17.0. The van der Waals surface area contributed by atoms with Crippen LogP contribution in [-0.4, -0.2) is 36.0 Å². The van der Waals surface area contributed by atoms with E-state index < -0.39 is 0 Å². The molecule has 4 nitrogen and oxygen atoms in total. The molecule has 1 heterocycles. The third-order valence-electron chi connectivity index (χ3n) is 5.47. The summed E-state index contributed by atoms with van der Waals surface area (Å²) in [5.74, 6) is 0.102. The summed E-state index contributed by atoms with van der Waals surface area (Å²) < 4.78 is 0. The number of hydrogen-bond acceptors (Lipinski definition) is 3. The van der Waals surface area contributed by atoms with E-state index in [1.807, 2.05) is 31.2 Å². The van der Waals surface area contributed by atoms with Crippen LogP contribution in [0.1, 0.15) is 35.6 Å². The van der Waals surface area contributed by atoms with Gasteiger partial charge in [0, 0.05) is 37.2 Å². The first kappa shape index (κ1) is 20.8. The van der Waals surface area contributed by atoms with Gasteiger partial charge in [0.1, 0.15) is 0 Å². The first-order valence-corrected chi connectivity index (χ1v) is 10.4. The van der Waals surface area contributed by atoms with Crippen LogP contribution in [0.25, 0.3) is 0 Å². The van der Waals surface area contributed by atoms with Crippen LogP contribution in [0.4, 0.5) is 0 Å². The predicted molar refractivity (Wildman–Crippen MR) is 115 cm³/mol. The maximum absolute atomic E-state index is 12.6. The van der Waals surface area contributed by atoms with Gasteiger partial charge in [0.15, 0.2) is 0 Å². The van der Waals surface area contributed by atoms with Crippen LogP contribution in [0.2, 0.25) is 5.02 Å². The fourth-order valence-corrected chi connectivity index (χ4v) is 4.08. The molecule has 1 aliphatic heterocycles. The van der Waals surface area contributed by atoms with Crippen molar-refractivity contribution in [2.45, 2.75) is 52.4 Å². The van der Waals surface area contributed by atoms with E-state index in [0.717, 1.165) is 30.1 Å². The Kier molecular flexibility index (Phi) is 7.11. The van der Waals surface area contributed by atoms with Crippen molar-refractivity contribution >= 4 is 17.5 Å². The van der Waals surface area contributed by atoms with Gasteiger partial charge in [-0.1, -0.05) is 53.6 Å². The van der Waals surface area contributed by atoms with Crippen molar-refractivity contribution in [3.05, 3.63) is 69.7 Å². The Labute approximate surface area is 173 Å². The fourth-order valence-electron chi connectivity index (χ4n) is 3.88. The number of likely N-dealkylation sites (N-methyl/N-ethyl adjacent to an activating group) is 1. The Morgan fingerprint density at radius 2 is 1.96 bits per heavy atom. The second kappa shape index (κ2) is 9.55. The van der Waals surface area contributed by atoms with Gasteiger partial charge in [-0.3, -0.25) is 9.69 Å². The quantitative estimate of drug-likeness (QED) is 0.743. The van der Waals surface area contributed by atoms with Crippen molar-refractivity contribution in [1.82, 2.24) is 15.5 Å². The lowest BCUT2D eigenvalue weighted by Crippen LogP contribution is -2.42. The van der Waals surface area contributed by atoms with Gasteiger partial charge in [-0.2, -0.15) is 0 Å². The summed E-state index contributed by atoms with van der Waals surface area (Å²) in [6.45, 7) is 9.21. The highest BCUT2D eigenvalue weighted by molar-refractivity contribution is 6.31. The highest BCUT2D eigenvalue weighted by atomic mass is 35.5. The van der Waals surface area contributed by atoms with Crippen molar-refractivity contribution < 1.29 is 4.79 Å². The third-order valence-corrected chi connectivity index (χ3v) is 5.84. The number of aryl methyl sites for hydroxylation is 2. The van der Waals surface area contributed by atoms with E-state index in [1.165, 1.54) is 16.7 Å². The minimum absolute atomic E-state index is 0.102. The summed E-state index contributed by atoms with van der Waals surface area (Å²) in [4.78, 5) is 14.9.